The largest absolute Gasteiger partial charge is 0.480 e. The average molecular weight is 239 g/mol. The highest BCUT2D eigenvalue weighted by Crippen LogP contribution is 2.16. The second kappa shape index (κ2) is 5.82. The summed E-state index contributed by atoms with van der Waals surface area (Å²) < 4.78 is 1.94. The minimum Gasteiger partial charge on any atom is -0.480 e. The SMILES string of the molecule is CCC(CC)(NC(C)Cn1ccnc1)C(=O)O. The van der Waals surface area contributed by atoms with Crippen molar-refractivity contribution in [3.63, 3.8) is 0 Å². The number of imidazole rings is 1. The number of carboxylic acid groups (broad SMARTS) is 1. The van der Waals surface area contributed by atoms with Crippen LogP contribution in [0, 0.1) is 0 Å². The molecule has 2 N–H and O–H groups in total. The second-order valence-corrected chi connectivity index (χ2v) is 4.40. The molecule has 5 nitrogen and oxygen atoms in total. The minimum atomic E-state index is -0.819. The van der Waals surface area contributed by atoms with Gasteiger partial charge in [-0.3, -0.25) is 10.1 Å². The Balaban J connectivity index is 2.64. The molecular weight excluding hydrogens is 218 g/mol. The lowest BCUT2D eigenvalue weighted by Gasteiger charge is -2.31. The average Bonchev–Trinajstić information content (AvgIpc) is 2.78. The van der Waals surface area contributed by atoms with Crippen molar-refractivity contribution in [1.82, 2.24) is 14.9 Å². The van der Waals surface area contributed by atoms with Crippen LogP contribution >= 0.6 is 0 Å². The molecule has 1 unspecified atom stereocenters. The number of aliphatic carboxylic acids is 1. The first-order valence-electron chi connectivity index (χ1n) is 6.01. The van der Waals surface area contributed by atoms with E-state index in [0.717, 1.165) is 6.54 Å². The van der Waals surface area contributed by atoms with Gasteiger partial charge in [0.05, 0.1) is 6.33 Å². The monoisotopic (exact) mass is 239 g/mol. The predicted octanol–water partition coefficient (Wildman–Crippen LogP) is 1.50. The molecule has 1 aromatic rings. The maximum absolute atomic E-state index is 11.3. The fourth-order valence-electron chi connectivity index (χ4n) is 2.05. The Morgan fingerprint density at radius 2 is 2.18 bits per heavy atom. The van der Waals surface area contributed by atoms with Crippen molar-refractivity contribution in [3.8, 4) is 0 Å². The van der Waals surface area contributed by atoms with Crippen LogP contribution < -0.4 is 5.32 Å². The van der Waals surface area contributed by atoms with Crippen molar-refractivity contribution < 1.29 is 9.90 Å². The Morgan fingerprint density at radius 3 is 2.59 bits per heavy atom. The fourth-order valence-corrected chi connectivity index (χ4v) is 2.05. The molecule has 0 aliphatic rings. The van der Waals surface area contributed by atoms with Crippen LogP contribution in [0.2, 0.25) is 0 Å². The van der Waals surface area contributed by atoms with Crippen LogP contribution in [0.15, 0.2) is 18.7 Å². The molecule has 5 heteroatoms. The summed E-state index contributed by atoms with van der Waals surface area (Å²) >= 11 is 0. The molecule has 0 aliphatic heterocycles. The molecule has 17 heavy (non-hydrogen) atoms. The number of hydrogen-bond acceptors (Lipinski definition) is 3. The maximum Gasteiger partial charge on any atom is 0.323 e. The third-order valence-corrected chi connectivity index (χ3v) is 3.18. The molecule has 0 saturated heterocycles. The van der Waals surface area contributed by atoms with Gasteiger partial charge in [-0.2, -0.15) is 0 Å². The van der Waals surface area contributed by atoms with E-state index in [1.807, 2.05) is 31.5 Å². The van der Waals surface area contributed by atoms with E-state index >= 15 is 0 Å². The molecule has 1 atom stereocenters. The Kier molecular flexibility index (Phi) is 4.69. The van der Waals surface area contributed by atoms with Gasteiger partial charge in [0.25, 0.3) is 0 Å². The lowest BCUT2D eigenvalue weighted by atomic mass is 9.92. The van der Waals surface area contributed by atoms with Crippen LogP contribution in [0.25, 0.3) is 0 Å². The quantitative estimate of drug-likeness (QED) is 0.756. The number of nitrogens with one attached hydrogen (secondary N) is 1. The van der Waals surface area contributed by atoms with Crippen LogP contribution in [0.4, 0.5) is 0 Å². The highest BCUT2D eigenvalue weighted by atomic mass is 16.4. The van der Waals surface area contributed by atoms with Crippen molar-refractivity contribution in [3.05, 3.63) is 18.7 Å². The van der Waals surface area contributed by atoms with Gasteiger partial charge in [-0.1, -0.05) is 13.8 Å². The van der Waals surface area contributed by atoms with Gasteiger partial charge in [-0.05, 0) is 19.8 Å². The van der Waals surface area contributed by atoms with Crippen LogP contribution in [0.3, 0.4) is 0 Å². The zero-order valence-electron chi connectivity index (χ0n) is 10.7. The summed E-state index contributed by atoms with van der Waals surface area (Å²) in [7, 11) is 0. The molecule has 0 aliphatic carbocycles. The number of carbonyl (C=O) groups is 1. The first kappa shape index (κ1) is 13.7. The first-order chi connectivity index (χ1) is 8.04. The summed E-state index contributed by atoms with van der Waals surface area (Å²) in [4.78, 5) is 15.3. The maximum atomic E-state index is 11.3. The van der Waals surface area contributed by atoms with Gasteiger partial charge in [-0.25, -0.2) is 4.98 Å². The van der Waals surface area contributed by atoms with Crippen molar-refractivity contribution >= 4 is 5.97 Å². The lowest BCUT2D eigenvalue weighted by Crippen LogP contribution is -2.55. The normalized spacial score (nSPS) is 13.6. The summed E-state index contributed by atoms with van der Waals surface area (Å²) in [6, 6.07) is 0.0835. The molecule has 1 rings (SSSR count). The topological polar surface area (TPSA) is 67.2 Å². The van der Waals surface area contributed by atoms with E-state index in [0.29, 0.717) is 12.8 Å². The summed E-state index contributed by atoms with van der Waals surface area (Å²) in [5.74, 6) is -0.778. The Hall–Kier alpha value is -1.36. The second-order valence-electron chi connectivity index (χ2n) is 4.40. The summed E-state index contributed by atoms with van der Waals surface area (Å²) in [5, 5.41) is 12.5. The van der Waals surface area contributed by atoms with E-state index in [2.05, 4.69) is 10.3 Å². The molecule has 0 aromatic carbocycles. The van der Waals surface area contributed by atoms with Gasteiger partial charge >= 0.3 is 5.97 Å². The molecule has 0 spiro atoms. The molecule has 0 saturated carbocycles. The van der Waals surface area contributed by atoms with Crippen molar-refractivity contribution in [2.75, 3.05) is 0 Å². The van der Waals surface area contributed by atoms with Crippen molar-refractivity contribution in [1.29, 1.82) is 0 Å². The van der Waals surface area contributed by atoms with Crippen molar-refractivity contribution in [2.24, 2.45) is 0 Å². The molecule has 0 amide bonds. The Morgan fingerprint density at radius 1 is 1.53 bits per heavy atom. The summed E-state index contributed by atoms with van der Waals surface area (Å²) in [6.45, 7) is 6.50. The smallest absolute Gasteiger partial charge is 0.323 e. The molecule has 1 aromatic heterocycles. The van der Waals surface area contributed by atoms with Crippen LogP contribution in [-0.4, -0.2) is 32.2 Å². The molecule has 0 fully saturated rings. The van der Waals surface area contributed by atoms with E-state index in [1.54, 1.807) is 12.5 Å². The minimum absolute atomic E-state index is 0.0835. The van der Waals surface area contributed by atoms with Gasteiger partial charge in [0.15, 0.2) is 0 Å². The number of hydrogen-bond donors (Lipinski definition) is 2. The molecule has 96 valence electrons. The molecule has 1 heterocycles. The van der Waals surface area contributed by atoms with Crippen molar-refractivity contribution in [2.45, 2.75) is 51.7 Å². The van der Waals surface area contributed by atoms with Crippen LogP contribution in [-0.2, 0) is 11.3 Å². The Bertz CT molecular complexity index is 345. The molecular formula is C12H21N3O2. The third-order valence-electron chi connectivity index (χ3n) is 3.18. The zero-order chi connectivity index (χ0) is 12.9. The number of carboxylic acids is 1. The van der Waals surface area contributed by atoms with Crippen LogP contribution in [0.5, 0.6) is 0 Å². The molecule has 0 radical (unpaired) electrons. The van der Waals surface area contributed by atoms with Gasteiger partial charge in [0.2, 0.25) is 0 Å². The standard InChI is InChI=1S/C12H21N3O2/c1-4-12(5-2,11(16)17)14-10(3)8-15-7-6-13-9-15/h6-7,9-10,14H,4-5,8H2,1-3H3,(H,16,17). The van der Waals surface area contributed by atoms with E-state index < -0.39 is 11.5 Å². The van der Waals surface area contributed by atoms with E-state index in [1.165, 1.54) is 0 Å². The number of aromatic nitrogens is 2. The highest BCUT2D eigenvalue weighted by molar-refractivity contribution is 5.78. The van der Waals surface area contributed by atoms with Gasteiger partial charge in [-0.15, -0.1) is 0 Å². The lowest BCUT2D eigenvalue weighted by molar-refractivity contribution is -0.145. The summed E-state index contributed by atoms with van der Waals surface area (Å²) in [5.41, 5.74) is -0.819. The first-order valence-corrected chi connectivity index (χ1v) is 6.01. The van der Waals surface area contributed by atoms with Gasteiger partial charge in [0.1, 0.15) is 5.54 Å². The van der Waals surface area contributed by atoms with E-state index in [9.17, 15) is 9.90 Å². The van der Waals surface area contributed by atoms with Gasteiger partial charge in [0, 0.05) is 25.0 Å². The third kappa shape index (κ3) is 3.30. The highest BCUT2D eigenvalue weighted by Gasteiger charge is 2.35. The summed E-state index contributed by atoms with van der Waals surface area (Å²) in [6.07, 6.45) is 6.48. The Labute approximate surface area is 102 Å². The number of nitrogens with zero attached hydrogens (tertiary/aromatic N) is 2. The predicted molar refractivity (Wildman–Crippen MR) is 65.8 cm³/mol. The zero-order valence-corrected chi connectivity index (χ0v) is 10.7. The van der Waals surface area contributed by atoms with E-state index in [4.69, 9.17) is 0 Å². The van der Waals surface area contributed by atoms with E-state index in [-0.39, 0.29) is 6.04 Å². The number of rotatable bonds is 7. The fraction of sp³-hybridized carbons (Fsp3) is 0.667. The molecule has 0 bridgehead atoms. The van der Waals surface area contributed by atoms with Gasteiger partial charge < -0.3 is 9.67 Å². The van der Waals surface area contributed by atoms with Crippen LogP contribution in [0.1, 0.15) is 33.6 Å².